The molecule has 2 heterocycles. The maximum absolute atomic E-state index is 11.1. The molecule has 0 aliphatic heterocycles. The van der Waals surface area contributed by atoms with Crippen LogP contribution in [0.25, 0.3) is 11.0 Å². The molecule has 4 rings (SSSR count). The molecule has 1 N–H and O–H groups in total. The van der Waals surface area contributed by atoms with E-state index in [1.54, 1.807) is 18.4 Å². The number of fused-ring (bicyclic) bond motifs is 1. The normalized spacial score (nSPS) is 10.7. The molecular formula is C25H27ClN2O5S. The van der Waals surface area contributed by atoms with E-state index in [-0.39, 0.29) is 25.4 Å². The lowest BCUT2D eigenvalue weighted by molar-refractivity contribution is -0.136. The zero-order valence-electron chi connectivity index (χ0n) is 19.2. The molecule has 2 aromatic heterocycles. The van der Waals surface area contributed by atoms with Gasteiger partial charge in [-0.3, -0.25) is 4.79 Å². The van der Waals surface area contributed by atoms with E-state index in [2.05, 4.69) is 18.0 Å². The first-order valence-electron chi connectivity index (χ1n) is 10.6. The van der Waals surface area contributed by atoms with E-state index in [9.17, 15) is 4.79 Å². The Balaban J connectivity index is 0.00000324. The Kier molecular flexibility index (Phi) is 8.41. The summed E-state index contributed by atoms with van der Waals surface area (Å²) in [6.07, 6.45) is 0.430. The largest absolute Gasteiger partial charge is 0.497 e. The second kappa shape index (κ2) is 11.3. The molecule has 0 radical (unpaired) electrons. The van der Waals surface area contributed by atoms with E-state index in [0.29, 0.717) is 24.5 Å². The third kappa shape index (κ3) is 6.01. The van der Waals surface area contributed by atoms with Gasteiger partial charge in [0.15, 0.2) is 0 Å². The van der Waals surface area contributed by atoms with Crippen LogP contribution >= 0.6 is 23.7 Å². The van der Waals surface area contributed by atoms with Crippen LogP contribution < -0.4 is 14.2 Å². The SMILES string of the molecule is COc1ccc2nc(COc3ccc(CCC(=O)O)c(OCc4ccc(C)s4)c3)n(C)c2c1.Cl. The second-order valence-corrected chi connectivity index (χ2v) is 9.07. The van der Waals surface area contributed by atoms with Crippen LogP contribution in [-0.4, -0.2) is 27.7 Å². The molecule has 0 unspecified atom stereocenters. The van der Waals surface area contributed by atoms with Crippen LogP contribution in [0.4, 0.5) is 0 Å². The summed E-state index contributed by atoms with van der Waals surface area (Å²) in [6.45, 7) is 2.76. The van der Waals surface area contributed by atoms with E-state index in [0.717, 1.165) is 33.0 Å². The number of ether oxygens (including phenoxy) is 3. The highest BCUT2D eigenvalue weighted by atomic mass is 35.5. The number of methoxy groups -OCH3 is 1. The smallest absolute Gasteiger partial charge is 0.303 e. The van der Waals surface area contributed by atoms with E-state index >= 15 is 0 Å². The van der Waals surface area contributed by atoms with Crippen molar-refractivity contribution in [1.29, 1.82) is 0 Å². The number of aromatic nitrogens is 2. The molecular weight excluding hydrogens is 476 g/mol. The number of aliphatic carboxylic acids is 1. The van der Waals surface area contributed by atoms with Crippen LogP contribution in [-0.2, 0) is 31.5 Å². The molecule has 0 aliphatic carbocycles. The van der Waals surface area contributed by atoms with E-state index < -0.39 is 5.97 Å². The molecule has 180 valence electrons. The number of carboxylic acids is 1. The van der Waals surface area contributed by atoms with Crippen molar-refractivity contribution in [3.05, 3.63) is 69.7 Å². The number of carbonyl (C=O) groups is 1. The second-order valence-electron chi connectivity index (χ2n) is 7.69. The highest BCUT2D eigenvalue weighted by Crippen LogP contribution is 2.29. The Bertz CT molecular complexity index is 1280. The number of carboxylic acid groups (broad SMARTS) is 1. The summed E-state index contributed by atoms with van der Waals surface area (Å²) in [7, 11) is 3.58. The van der Waals surface area contributed by atoms with Gasteiger partial charge in [-0.25, -0.2) is 4.98 Å². The first kappa shape index (κ1) is 25.4. The maximum Gasteiger partial charge on any atom is 0.303 e. The molecule has 0 amide bonds. The number of halogens is 1. The molecule has 34 heavy (non-hydrogen) atoms. The number of hydrogen-bond acceptors (Lipinski definition) is 6. The van der Waals surface area contributed by atoms with Crippen molar-refractivity contribution in [3.63, 3.8) is 0 Å². The lowest BCUT2D eigenvalue weighted by atomic mass is 10.1. The highest BCUT2D eigenvalue weighted by Gasteiger charge is 2.12. The molecule has 0 aliphatic rings. The summed E-state index contributed by atoms with van der Waals surface area (Å²) in [4.78, 5) is 18.0. The third-order valence-electron chi connectivity index (χ3n) is 5.36. The van der Waals surface area contributed by atoms with Crippen molar-refractivity contribution >= 4 is 40.7 Å². The van der Waals surface area contributed by atoms with Crippen LogP contribution in [0.3, 0.4) is 0 Å². The molecule has 0 fully saturated rings. The van der Waals surface area contributed by atoms with Gasteiger partial charge in [-0.1, -0.05) is 6.07 Å². The lowest BCUT2D eigenvalue weighted by Gasteiger charge is -2.13. The molecule has 9 heteroatoms. The van der Waals surface area contributed by atoms with Crippen molar-refractivity contribution in [2.24, 2.45) is 7.05 Å². The van der Waals surface area contributed by atoms with E-state index in [1.165, 1.54) is 4.88 Å². The van der Waals surface area contributed by atoms with Crippen molar-refractivity contribution in [2.45, 2.75) is 33.0 Å². The number of aryl methyl sites for hydroxylation is 3. The molecule has 0 saturated heterocycles. The lowest BCUT2D eigenvalue weighted by Crippen LogP contribution is -2.05. The summed E-state index contributed by atoms with van der Waals surface area (Å²) in [6, 6.07) is 15.4. The fourth-order valence-electron chi connectivity index (χ4n) is 3.54. The molecule has 0 spiro atoms. The zero-order chi connectivity index (χ0) is 23.4. The van der Waals surface area contributed by atoms with Gasteiger partial charge < -0.3 is 23.9 Å². The van der Waals surface area contributed by atoms with Gasteiger partial charge >= 0.3 is 5.97 Å². The van der Waals surface area contributed by atoms with Crippen LogP contribution in [0, 0.1) is 6.92 Å². The first-order chi connectivity index (χ1) is 15.9. The van der Waals surface area contributed by atoms with Crippen molar-refractivity contribution in [1.82, 2.24) is 9.55 Å². The molecule has 0 bridgehead atoms. The van der Waals surface area contributed by atoms with Gasteiger partial charge in [0, 0.05) is 35.4 Å². The average Bonchev–Trinajstić information content (AvgIpc) is 3.37. The molecule has 0 saturated carbocycles. The molecule has 0 atom stereocenters. The van der Waals surface area contributed by atoms with Crippen LogP contribution in [0.1, 0.15) is 27.6 Å². The first-order valence-corrected chi connectivity index (χ1v) is 11.4. The van der Waals surface area contributed by atoms with Gasteiger partial charge in [-0.05, 0) is 49.2 Å². The Morgan fingerprint density at radius 2 is 1.85 bits per heavy atom. The fourth-order valence-corrected chi connectivity index (χ4v) is 4.35. The van der Waals surface area contributed by atoms with Gasteiger partial charge in [-0.2, -0.15) is 0 Å². The Morgan fingerprint density at radius 1 is 1.06 bits per heavy atom. The Hall–Kier alpha value is -3.23. The molecule has 2 aromatic carbocycles. The zero-order valence-corrected chi connectivity index (χ0v) is 20.9. The van der Waals surface area contributed by atoms with Crippen LogP contribution in [0.15, 0.2) is 48.5 Å². The number of nitrogens with zero attached hydrogens (tertiary/aromatic N) is 2. The van der Waals surface area contributed by atoms with Crippen LogP contribution in [0.2, 0.25) is 0 Å². The molecule has 4 aromatic rings. The van der Waals surface area contributed by atoms with Gasteiger partial charge in [0.25, 0.3) is 0 Å². The van der Waals surface area contributed by atoms with Gasteiger partial charge in [-0.15, -0.1) is 23.7 Å². The summed E-state index contributed by atoms with van der Waals surface area (Å²) < 4.78 is 19.4. The van der Waals surface area contributed by atoms with Crippen LogP contribution in [0.5, 0.6) is 17.2 Å². The van der Waals surface area contributed by atoms with Crippen molar-refractivity contribution < 1.29 is 24.1 Å². The van der Waals surface area contributed by atoms with E-state index in [4.69, 9.17) is 19.3 Å². The van der Waals surface area contributed by atoms with Gasteiger partial charge in [0.2, 0.25) is 0 Å². The number of benzene rings is 2. The average molecular weight is 503 g/mol. The quantitative estimate of drug-likeness (QED) is 0.306. The summed E-state index contributed by atoms with van der Waals surface area (Å²) in [5, 5.41) is 9.08. The third-order valence-corrected chi connectivity index (χ3v) is 6.34. The van der Waals surface area contributed by atoms with E-state index in [1.807, 2.05) is 54.1 Å². The maximum atomic E-state index is 11.1. The van der Waals surface area contributed by atoms with Crippen molar-refractivity contribution in [3.8, 4) is 17.2 Å². The predicted octanol–water partition coefficient (Wildman–Crippen LogP) is 5.55. The Morgan fingerprint density at radius 3 is 2.56 bits per heavy atom. The van der Waals surface area contributed by atoms with Crippen molar-refractivity contribution in [2.75, 3.05) is 7.11 Å². The Labute approximate surface area is 208 Å². The minimum atomic E-state index is -0.839. The minimum absolute atomic E-state index is 0. The number of thiophene rings is 1. The highest BCUT2D eigenvalue weighted by molar-refractivity contribution is 7.11. The summed E-state index contributed by atoms with van der Waals surface area (Å²) in [5.41, 5.74) is 2.68. The minimum Gasteiger partial charge on any atom is -0.497 e. The topological polar surface area (TPSA) is 82.8 Å². The fraction of sp³-hybridized carbons (Fsp3) is 0.280. The number of hydrogen-bond donors (Lipinski definition) is 1. The van der Waals surface area contributed by atoms with Gasteiger partial charge in [0.1, 0.15) is 36.3 Å². The monoisotopic (exact) mass is 502 g/mol. The number of imidazole rings is 1. The molecule has 7 nitrogen and oxygen atoms in total. The van der Waals surface area contributed by atoms with Gasteiger partial charge in [0.05, 0.1) is 18.1 Å². The standard InChI is InChI=1S/C25H26N2O5S.ClH/c1-16-4-9-20(33-16)14-32-23-13-19(7-5-17(23)6-11-25(28)29)31-15-24-26-21-10-8-18(30-3)12-22(21)27(24)2;/h4-5,7-10,12-13H,6,11,14-15H2,1-3H3,(H,28,29);1H. The summed E-state index contributed by atoms with van der Waals surface area (Å²) >= 11 is 1.68. The summed E-state index contributed by atoms with van der Waals surface area (Å²) in [5.74, 6) is 1.99. The number of rotatable bonds is 10. The predicted molar refractivity (Wildman–Crippen MR) is 135 cm³/mol.